The second kappa shape index (κ2) is 5.15. The van der Waals surface area contributed by atoms with Gasteiger partial charge in [-0.3, -0.25) is 4.79 Å². The zero-order chi connectivity index (χ0) is 10.6. The van der Waals surface area contributed by atoms with Crippen molar-refractivity contribution in [2.75, 3.05) is 18.0 Å². The molecule has 1 aromatic heterocycles. The predicted molar refractivity (Wildman–Crippen MR) is 62.4 cm³/mol. The van der Waals surface area contributed by atoms with Crippen LogP contribution >= 0.6 is 11.3 Å². The minimum absolute atomic E-state index is 0.648. The van der Waals surface area contributed by atoms with Crippen LogP contribution in [-0.4, -0.2) is 19.4 Å². The lowest BCUT2D eigenvalue weighted by Crippen LogP contribution is -2.26. The van der Waals surface area contributed by atoms with Crippen LogP contribution in [0.5, 0.6) is 0 Å². The molecular formula is C11H17NOS. The van der Waals surface area contributed by atoms with Gasteiger partial charge in [0.15, 0.2) is 6.29 Å². The van der Waals surface area contributed by atoms with Crippen molar-refractivity contribution in [2.24, 2.45) is 5.92 Å². The third-order valence-corrected chi connectivity index (χ3v) is 2.90. The number of hydrogen-bond donors (Lipinski definition) is 0. The van der Waals surface area contributed by atoms with Crippen LogP contribution < -0.4 is 4.90 Å². The SMILES string of the molecule is CCN(CC(C)C)c1csc(C=O)c1. The Morgan fingerprint density at radius 2 is 2.29 bits per heavy atom. The molecule has 0 amide bonds. The molecule has 0 aliphatic heterocycles. The molecule has 0 fully saturated rings. The molecule has 0 atom stereocenters. The minimum Gasteiger partial charge on any atom is -0.371 e. The topological polar surface area (TPSA) is 20.3 Å². The average molecular weight is 211 g/mol. The number of carbonyl (C=O) groups excluding carboxylic acids is 1. The van der Waals surface area contributed by atoms with Gasteiger partial charge in [-0.15, -0.1) is 11.3 Å². The summed E-state index contributed by atoms with van der Waals surface area (Å²) in [5.74, 6) is 0.648. The first-order chi connectivity index (χ1) is 6.67. The first kappa shape index (κ1) is 11.2. The van der Waals surface area contributed by atoms with Crippen molar-refractivity contribution >= 4 is 23.3 Å². The van der Waals surface area contributed by atoms with Crippen molar-refractivity contribution < 1.29 is 4.79 Å². The fourth-order valence-electron chi connectivity index (χ4n) is 1.43. The molecule has 0 saturated heterocycles. The second-order valence-electron chi connectivity index (χ2n) is 3.76. The van der Waals surface area contributed by atoms with Gasteiger partial charge in [0, 0.05) is 24.2 Å². The van der Waals surface area contributed by atoms with E-state index in [1.54, 1.807) is 0 Å². The van der Waals surface area contributed by atoms with E-state index in [-0.39, 0.29) is 0 Å². The smallest absolute Gasteiger partial charge is 0.160 e. The van der Waals surface area contributed by atoms with Crippen LogP contribution in [0.25, 0.3) is 0 Å². The zero-order valence-corrected chi connectivity index (χ0v) is 9.80. The van der Waals surface area contributed by atoms with E-state index in [9.17, 15) is 4.79 Å². The van der Waals surface area contributed by atoms with E-state index < -0.39 is 0 Å². The highest BCUT2D eigenvalue weighted by molar-refractivity contribution is 7.12. The number of hydrogen-bond acceptors (Lipinski definition) is 3. The van der Waals surface area contributed by atoms with Gasteiger partial charge in [-0.1, -0.05) is 13.8 Å². The molecular weight excluding hydrogens is 194 g/mol. The molecule has 0 spiro atoms. The highest BCUT2D eigenvalue weighted by Gasteiger charge is 2.08. The maximum Gasteiger partial charge on any atom is 0.160 e. The summed E-state index contributed by atoms with van der Waals surface area (Å²) in [6.07, 6.45) is 0.914. The van der Waals surface area contributed by atoms with Crippen molar-refractivity contribution in [3.63, 3.8) is 0 Å². The minimum atomic E-state index is 0.648. The van der Waals surface area contributed by atoms with E-state index in [1.807, 2.05) is 6.07 Å². The Bertz CT molecular complexity index is 293. The molecule has 1 heterocycles. The van der Waals surface area contributed by atoms with Gasteiger partial charge in [0.05, 0.1) is 4.88 Å². The van der Waals surface area contributed by atoms with E-state index in [0.29, 0.717) is 5.92 Å². The van der Waals surface area contributed by atoms with Gasteiger partial charge in [-0.2, -0.15) is 0 Å². The van der Waals surface area contributed by atoms with Crippen LogP contribution in [0.15, 0.2) is 11.4 Å². The zero-order valence-electron chi connectivity index (χ0n) is 8.99. The van der Waals surface area contributed by atoms with Crippen LogP contribution in [0.4, 0.5) is 5.69 Å². The summed E-state index contributed by atoms with van der Waals surface area (Å²) in [7, 11) is 0. The molecule has 2 nitrogen and oxygen atoms in total. The number of aldehydes is 1. The lowest BCUT2D eigenvalue weighted by molar-refractivity contribution is 0.112. The Labute approximate surface area is 89.5 Å². The Balaban J connectivity index is 2.73. The molecule has 0 saturated carbocycles. The standard InChI is InChI=1S/C11H17NOS/c1-4-12(6-9(2)3)10-5-11(7-13)14-8-10/h5,7-9H,4,6H2,1-3H3. The van der Waals surface area contributed by atoms with Crippen molar-refractivity contribution in [1.82, 2.24) is 0 Å². The Morgan fingerprint density at radius 3 is 2.71 bits per heavy atom. The summed E-state index contributed by atoms with van der Waals surface area (Å²) < 4.78 is 0. The van der Waals surface area contributed by atoms with Crippen molar-refractivity contribution in [1.29, 1.82) is 0 Å². The van der Waals surface area contributed by atoms with Gasteiger partial charge in [0.2, 0.25) is 0 Å². The third kappa shape index (κ3) is 2.84. The predicted octanol–water partition coefficient (Wildman–Crippen LogP) is 3.04. The fourth-order valence-corrected chi connectivity index (χ4v) is 2.15. The summed E-state index contributed by atoms with van der Waals surface area (Å²) in [6, 6.07) is 1.96. The van der Waals surface area contributed by atoms with Gasteiger partial charge in [0.25, 0.3) is 0 Å². The van der Waals surface area contributed by atoms with Gasteiger partial charge in [0.1, 0.15) is 0 Å². The molecule has 0 aromatic carbocycles. The number of anilines is 1. The monoisotopic (exact) mass is 211 g/mol. The summed E-state index contributed by atoms with van der Waals surface area (Å²) in [6.45, 7) is 8.59. The van der Waals surface area contributed by atoms with Gasteiger partial charge >= 0.3 is 0 Å². The largest absolute Gasteiger partial charge is 0.371 e. The molecule has 1 aromatic rings. The van der Waals surface area contributed by atoms with Crippen LogP contribution in [-0.2, 0) is 0 Å². The Hall–Kier alpha value is -0.830. The van der Waals surface area contributed by atoms with E-state index in [0.717, 1.165) is 24.3 Å². The molecule has 0 N–H and O–H groups in total. The molecule has 0 aliphatic rings. The quantitative estimate of drug-likeness (QED) is 0.698. The highest BCUT2D eigenvalue weighted by atomic mass is 32.1. The molecule has 78 valence electrons. The molecule has 0 radical (unpaired) electrons. The van der Waals surface area contributed by atoms with Crippen LogP contribution in [0.1, 0.15) is 30.4 Å². The maximum absolute atomic E-state index is 10.5. The molecule has 0 bridgehead atoms. The second-order valence-corrected chi connectivity index (χ2v) is 4.70. The molecule has 1 rings (SSSR count). The van der Waals surface area contributed by atoms with Crippen molar-refractivity contribution in [2.45, 2.75) is 20.8 Å². The summed E-state index contributed by atoms with van der Waals surface area (Å²) in [4.78, 5) is 13.7. The maximum atomic E-state index is 10.5. The number of thiophene rings is 1. The molecule has 0 unspecified atom stereocenters. The van der Waals surface area contributed by atoms with E-state index in [1.165, 1.54) is 17.0 Å². The van der Waals surface area contributed by atoms with Gasteiger partial charge in [-0.05, 0) is 18.9 Å². The van der Waals surface area contributed by atoms with Gasteiger partial charge in [-0.25, -0.2) is 0 Å². The molecule has 3 heteroatoms. The number of nitrogens with zero attached hydrogens (tertiary/aromatic N) is 1. The van der Waals surface area contributed by atoms with Crippen LogP contribution in [0.2, 0.25) is 0 Å². The van der Waals surface area contributed by atoms with Crippen molar-refractivity contribution in [3.8, 4) is 0 Å². The fraction of sp³-hybridized carbons (Fsp3) is 0.545. The van der Waals surface area contributed by atoms with E-state index >= 15 is 0 Å². The molecule has 14 heavy (non-hydrogen) atoms. The highest BCUT2D eigenvalue weighted by Crippen LogP contribution is 2.22. The summed E-state index contributed by atoms with van der Waals surface area (Å²) in [5.41, 5.74) is 1.17. The number of rotatable bonds is 5. The Morgan fingerprint density at radius 1 is 1.57 bits per heavy atom. The average Bonchev–Trinajstić information content (AvgIpc) is 2.62. The lowest BCUT2D eigenvalue weighted by atomic mass is 10.2. The van der Waals surface area contributed by atoms with Crippen LogP contribution in [0, 0.1) is 5.92 Å². The number of carbonyl (C=O) groups is 1. The van der Waals surface area contributed by atoms with E-state index in [4.69, 9.17) is 0 Å². The molecule has 0 aliphatic carbocycles. The first-order valence-electron chi connectivity index (χ1n) is 4.96. The van der Waals surface area contributed by atoms with Crippen molar-refractivity contribution in [3.05, 3.63) is 16.3 Å². The van der Waals surface area contributed by atoms with Crippen LogP contribution in [0.3, 0.4) is 0 Å². The lowest BCUT2D eigenvalue weighted by Gasteiger charge is -2.23. The van der Waals surface area contributed by atoms with Gasteiger partial charge < -0.3 is 4.90 Å². The first-order valence-corrected chi connectivity index (χ1v) is 5.84. The third-order valence-electron chi connectivity index (χ3n) is 2.05. The van der Waals surface area contributed by atoms with E-state index in [2.05, 4.69) is 31.1 Å². The summed E-state index contributed by atoms with van der Waals surface area (Å²) >= 11 is 1.51. The Kier molecular flexibility index (Phi) is 4.14. The normalized spacial score (nSPS) is 10.6. The summed E-state index contributed by atoms with van der Waals surface area (Å²) in [5, 5.41) is 2.05.